The van der Waals surface area contributed by atoms with Gasteiger partial charge in [-0.25, -0.2) is 0 Å². The van der Waals surface area contributed by atoms with E-state index in [9.17, 15) is 10.1 Å². The van der Waals surface area contributed by atoms with E-state index in [1.807, 2.05) is 24.3 Å². The quantitative estimate of drug-likeness (QED) is 0.593. The minimum Gasteiger partial charge on any atom is -0.258 e. The molecule has 0 fully saturated rings. The minimum absolute atomic E-state index is 0.163. The highest BCUT2D eigenvalue weighted by Gasteiger charge is 2.05. The van der Waals surface area contributed by atoms with Gasteiger partial charge in [-0.15, -0.1) is 0 Å². The maximum Gasteiger partial charge on any atom is 0.269 e. The van der Waals surface area contributed by atoms with Crippen LogP contribution in [0.25, 0.3) is 0 Å². The normalized spacial score (nSPS) is 10.1. The van der Waals surface area contributed by atoms with E-state index >= 15 is 0 Å². The van der Waals surface area contributed by atoms with Gasteiger partial charge < -0.3 is 0 Å². The number of nitro benzene ring substituents is 1. The molecule has 3 nitrogen and oxygen atoms in total. The lowest BCUT2D eigenvalue weighted by Crippen LogP contribution is -1.93. The highest BCUT2D eigenvalue weighted by Crippen LogP contribution is 2.15. The largest absolute Gasteiger partial charge is 0.269 e. The van der Waals surface area contributed by atoms with Crippen molar-refractivity contribution in [3.05, 3.63) is 75.8 Å². The molecule has 0 atom stereocenters. The fourth-order valence-corrected chi connectivity index (χ4v) is 1.76. The Bertz CT molecular complexity index is 509. The van der Waals surface area contributed by atoms with Gasteiger partial charge in [-0.2, -0.15) is 0 Å². The molecule has 0 aliphatic heterocycles. The summed E-state index contributed by atoms with van der Waals surface area (Å²) in [6.45, 7) is 0. The summed E-state index contributed by atoms with van der Waals surface area (Å²) in [4.78, 5) is 10.3. The van der Waals surface area contributed by atoms with Gasteiger partial charge in [0.05, 0.1) is 4.92 Å². The first-order chi connectivity index (χ1) is 8.25. The van der Waals surface area contributed by atoms with Gasteiger partial charge in [0, 0.05) is 12.1 Å². The summed E-state index contributed by atoms with van der Waals surface area (Å²) in [5.74, 6) is 0. The number of nitrogens with zero attached hydrogens (tertiary/aromatic N) is 1. The first-order valence-corrected chi connectivity index (χ1v) is 5.53. The van der Waals surface area contributed by atoms with Crippen LogP contribution in [0.3, 0.4) is 0 Å². The Labute approximate surface area is 99.9 Å². The molecular formula is C14H13NO2. The predicted octanol–water partition coefficient (Wildman–Crippen LogP) is 3.38. The number of nitro groups is 1. The minimum atomic E-state index is -0.355. The number of aryl methyl sites for hydroxylation is 2. The number of rotatable bonds is 4. The van der Waals surface area contributed by atoms with Gasteiger partial charge in [-0.05, 0) is 24.0 Å². The highest BCUT2D eigenvalue weighted by molar-refractivity contribution is 5.34. The second-order valence-electron chi connectivity index (χ2n) is 3.91. The van der Waals surface area contributed by atoms with E-state index in [-0.39, 0.29) is 10.6 Å². The van der Waals surface area contributed by atoms with Crippen LogP contribution in [0, 0.1) is 10.1 Å². The standard InChI is InChI=1S/C14H13NO2/c16-15(17)14-8-4-7-13(11-14)10-9-12-5-2-1-3-6-12/h1-8,11H,9-10H2. The Hall–Kier alpha value is -2.16. The predicted molar refractivity (Wildman–Crippen MR) is 66.9 cm³/mol. The third-order valence-corrected chi connectivity index (χ3v) is 2.67. The average Bonchev–Trinajstić information content (AvgIpc) is 2.38. The van der Waals surface area contributed by atoms with Gasteiger partial charge in [0.1, 0.15) is 0 Å². The molecule has 2 rings (SSSR count). The van der Waals surface area contributed by atoms with E-state index in [2.05, 4.69) is 12.1 Å². The van der Waals surface area contributed by atoms with Crippen LogP contribution in [0.1, 0.15) is 11.1 Å². The maximum absolute atomic E-state index is 10.6. The summed E-state index contributed by atoms with van der Waals surface area (Å²) in [7, 11) is 0. The van der Waals surface area contributed by atoms with Crippen molar-refractivity contribution < 1.29 is 4.92 Å². The van der Waals surface area contributed by atoms with Crippen LogP contribution in [-0.4, -0.2) is 4.92 Å². The zero-order valence-electron chi connectivity index (χ0n) is 9.37. The molecule has 0 N–H and O–H groups in total. The van der Waals surface area contributed by atoms with E-state index in [0.717, 1.165) is 18.4 Å². The van der Waals surface area contributed by atoms with Gasteiger partial charge in [0.25, 0.3) is 5.69 Å². The fourth-order valence-electron chi connectivity index (χ4n) is 1.76. The summed E-state index contributed by atoms with van der Waals surface area (Å²) in [5.41, 5.74) is 2.41. The summed E-state index contributed by atoms with van der Waals surface area (Å²) >= 11 is 0. The molecule has 0 saturated heterocycles. The number of hydrogen-bond donors (Lipinski definition) is 0. The molecule has 0 spiro atoms. The van der Waals surface area contributed by atoms with E-state index in [4.69, 9.17) is 0 Å². The van der Waals surface area contributed by atoms with Crippen LogP contribution >= 0.6 is 0 Å². The van der Waals surface area contributed by atoms with Gasteiger partial charge in [-0.3, -0.25) is 10.1 Å². The molecule has 86 valence electrons. The summed E-state index contributed by atoms with van der Waals surface area (Å²) in [6.07, 6.45) is 1.73. The monoisotopic (exact) mass is 227 g/mol. The van der Waals surface area contributed by atoms with Crippen molar-refractivity contribution in [1.82, 2.24) is 0 Å². The third kappa shape index (κ3) is 3.14. The lowest BCUT2D eigenvalue weighted by molar-refractivity contribution is -0.384. The smallest absolute Gasteiger partial charge is 0.258 e. The van der Waals surface area contributed by atoms with Crippen molar-refractivity contribution in [2.45, 2.75) is 12.8 Å². The molecule has 0 heterocycles. The average molecular weight is 227 g/mol. The Morgan fingerprint density at radius 2 is 1.53 bits per heavy atom. The summed E-state index contributed by atoms with van der Waals surface area (Å²) in [5, 5.41) is 10.6. The molecule has 0 aliphatic carbocycles. The molecule has 0 amide bonds. The molecule has 0 radical (unpaired) electrons. The summed E-state index contributed by atoms with van der Waals surface area (Å²) in [6, 6.07) is 16.9. The van der Waals surface area contributed by atoms with Gasteiger partial charge in [0.15, 0.2) is 0 Å². The van der Waals surface area contributed by atoms with Crippen LogP contribution < -0.4 is 0 Å². The molecule has 3 heteroatoms. The van der Waals surface area contributed by atoms with Gasteiger partial charge in [-0.1, -0.05) is 42.5 Å². The number of hydrogen-bond acceptors (Lipinski definition) is 2. The zero-order valence-corrected chi connectivity index (χ0v) is 9.37. The Balaban J connectivity index is 2.04. The molecule has 2 aromatic carbocycles. The lowest BCUT2D eigenvalue weighted by Gasteiger charge is -2.01. The van der Waals surface area contributed by atoms with Crippen LogP contribution in [0.2, 0.25) is 0 Å². The van der Waals surface area contributed by atoms with Crippen LogP contribution in [0.15, 0.2) is 54.6 Å². The van der Waals surface area contributed by atoms with Crippen molar-refractivity contribution in [1.29, 1.82) is 0 Å². The molecule has 17 heavy (non-hydrogen) atoms. The van der Waals surface area contributed by atoms with Crippen molar-refractivity contribution in [3.8, 4) is 0 Å². The van der Waals surface area contributed by atoms with Gasteiger partial charge in [0.2, 0.25) is 0 Å². The second kappa shape index (κ2) is 5.25. The lowest BCUT2D eigenvalue weighted by atomic mass is 10.0. The molecule has 0 aromatic heterocycles. The fraction of sp³-hybridized carbons (Fsp3) is 0.143. The summed E-state index contributed by atoms with van der Waals surface area (Å²) < 4.78 is 0. The van der Waals surface area contributed by atoms with Crippen molar-refractivity contribution >= 4 is 5.69 Å². The molecular weight excluding hydrogens is 214 g/mol. The molecule has 0 aliphatic rings. The van der Waals surface area contributed by atoms with Crippen molar-refractivity contribution in [3.63, 3.8) is 0 Å². The zero-order chi connectivity index (χ0) is 12.1. The molecule has 2 aromatic rings. The molecule has 0 bridgehead atoms. The Morgan fingerprint density at radius 3 is 2.24 bits per heavy atom. The van der Waals surface area contributed by atoms with Crippen LogP contribution in [-0.2, 0) is 12.8 Å². The van der Waals surface area contributed by atoms with Crippen molar-refractivity contribution in [2.24, 2.45) is 0 Å². The van der Waals surface area contributed by atoms with E-state index in [1.54, 1.807) is 12.1 Å². The highest BCUT2D eigenvalue weighted by atomic mass is 16.6. The topological polar surface area (TPSA) is 43.1 Å². The van der Waals surface area contributed by atoms with Crippen LogP contribution in [0.4, 0.5) is 5.69 Å². The third-order valence-electron chi connectivity index (χ3n) is 2.67. The maximum atomic E-state index is 10.6. The first kappa shape index (κ1) is 11.3. The van der Waals surface area contributed by atoms with E-state index < -0.39 is 0 Å². The van der Waals surface area contributed by atoms with E-state index in [1.165, 1.54) is 11.6 Å². The SMILES string of the molecule is O=[N+]([O-])c1cccc(CCc2ccccc2)c1. The first-order valence-electron chi connectivity index (χ1n) is 5.53. The van der Waals surface area contributed by atoms with Crippen LogP contribution in [0.5, 0.6) is 0 Å². The second-order valence-corrected chi connectivity index (χ2v) is 3.91. The van der Waals surface area contributed by atoms with E-state index in [0.29, 0.717) is 0 Å². The Kier molecular flexibility index (Phi) is 3.50. The van der Waals surface area contributed by atoms with Gasteiger partial charge >= 0.3 is 0 Å². The van der Waals surface area contributed by atoms with Crippen molar-refractivity contribution in [2.75, 3.05) is 0 Å². The number of non-ortho nitro benzene ring substituents is 1. The number of benzene rings is 2. The Morgan fingerprint density at radius 1 is 0.882 bits per heavy atom. The molecule has 0 unspecified atom stereocenters. The molecule has 0 saturated carbocycles.